The maximum atomic E-state index is 3.60. The zero-order valence-electron chi connectivity index (χ0n) is 8.21. The normalized spacial score (nSPS) is 46.4. The lowest BCUT2D eigenvalue weighted by atomic mass is 10.0. The zero-order valence-corrected chi connectivity index (χ0v) is 8.21. The van der Waals surface area contributed by atoms with Gasteiger partial charge in [-0.25, -0.2) is 0 Å². The first kappa shape index (κ1) is 8.17. The number of piperazine rings is 2. The van der Waals surface area contributed by atoms with Crippen LogP contribution in [0.25, 0.3) is 0 Å². The second kappa shape index (κ2) is 2.67. The van der Waals surface area contributed by atoms with Crippen molar-refractivity contribution in [2.45, 2.75) is 18.8 Å². The van der Waals surface area contributed by atoms with Gasteiger partial charge in [0.25, 0.3) is 0 Å². The van der Waals surface area contributed by atoms with Gasteiger partial charge in [-0.1, -0.05) is 0 Å². The number of nitrogens with one attached hydrogen (secondary N) is 2. The highest BCUT2D eigenvalue weighted by molar-refractivity contribution is 5.04. The maximum absolute atomic E-state index is 3.60. The van der Waals surface area contributed by atoms with Crippen LogP contribution in [-0.4, -0.2) is 60.9 Å². The second-order valence-electron chi connectivity index (χ2n) is 4.50. The average molecular weight is 182 g/mol. The Hall–Kier alpha value is -0.160. The van der Waals surface area contributed by atoms with Crippen LogP contribution in [0.2, 0.25) is 0 Å². The van der Waals surface area contributed by atoms with Crippen molar-refractivity contribution in [1.82, 2.24) is 20.4 Å². The van der Waals surface area contributed by atoms with E-state index in [1.54, 1.807) is 0 Å². The fourth-order valence-electron chi connectivity index (χ4n) is 3.09. The molecule has 3 saturated heterocycles. The van der Waals surface area contributed by atoms with Crippen molar-refractivity contribution < 1.29 is 0 Å². The number of rotatable bonds is 0. The molecule has 3 aliphatic rings. The van der Waals surface area contributed by atoms with Gasteiger partial charge in [0.2, 0.25) is 0 Å². The molecule has 3 aliphatic heterocycles. The summed E-state index contributed by atoms with van der Waals surface area (Å²) in [6.07, 6.45) is 0.593. The predicted octanol–water partition coefficient (Wildman–Crippen LogP) is -1.15. The molecular formula is C9H18N4. The average Bonchev–Trinajstić information content (AvgIpc) is 2.51. The molecular weight excluding hydrogens is 164 g/mol. The molecule has 4 heteroatoms. The number of hydrogen-bond donors (Lipinski definition) is 2. The Morgan fingerprint density at radius 1 is 1.00 bits per heavy atom. The molecule has 4 nitrogen and oxygen atoms in total. The Labute approximate surface area is 79.3 Å². The van der Waals surface area contributed by atoms with E-state index in [4.69, 9.17) is 0 Å². The van der Waals surface area contributed by atoms with E-state index in [0.717, 1.165) is 13.1 Å². The van der Waals surface area contributed by atoms with Gasteiger partial charge in [0.1, 0.15) is 0 Å². The topological polar surface area (TPSA) is 30.5 Å². The van der Waals surface area contributed by atoms with E-state index in [2.05, 4.69) is 27.4 Å². The lowest BCUT2D eigenvalue weighted by molar-refractivity contribution is -0.0257. The Morgan fingerprint density at radius 2 is 1.54 bits per heavy atom. The minimum Gasteiger partial charge on any atom is -0.296 e. The first-order valence-corrected chi connectivity index (χ1v) is 5.28. The largest absolute Gasteiger partial charge is 0.296 e. The molecule has 3 fully saturated rings. The van der Waals surface area contributed by atoms with Gasteiger partial charge in [-0.05, 0) is 6.92 Å². The molecule has 0 aromatic carbocycles. The summed E-state index contributed by atoms with van der Waals surface area (Å²) in [6.45, 7) is 9.45. The summed E-state index contributed by atoms with van der Waals surface area (Å²) < 4.78 is 0. The summed E-state index contributed by atoms with van der Waals surface area (Å²) in [6, 6.07) is 0. The fraction of sp³-hybridized carbons (Fsp3) is 1.00. The standard InChI is InChI=1S/C9H18N4/c1-9-8-12(4-2-10-9)6-7-13(8)5-3-11-9/h8,10-11H,2-7H2,1H3/t8-,9+. The fourth-order valence-corrected chi connectivity index (χ4v) is 3.09. The third-order valence-corrected chi connectivity index (χ3v) is 3.67. The molecule has 0 saturated carbocycles. The van der Waals surface area contributed by atoms with Gasteiger partial charge in [-0.15, -0.1) is 0 Å². The molecule has 0 aromatic rings. The summed E-state index contributed by atoms with van der Waals surface area (Å²) in [5.41, 5.74) is 0.132. The van der Waals surface area contributed by atoms with Crippen molar-refractivity contribution in [2.24, 2.45) is 0 Å². The van der Waals surface area contributed by atoms with Gasteiger partial charge in [-0.3, -0.25) is 20.4 Å². The van der Waals surface area contributed by atoms with Crippen molar-refractivity contribution >= 4 is 0 Å². The zero-order chi connectivity index (χ0) is 8.89. The van der Waals surface area contributed by atoms with Crippen molar-refractivity contribution in [3.05, 3.63) is 0 Å². The molecule has 3 heterocycles. The third-order valence-electron chi connectivity index (χ3n) is 3.67. The first-order chi connectivity index (χ1) is 6.30. The minimum absolute atomic E-state index is 0.132. The lowest BCUT2D eigenvalue weighted by Crippen LogP contribution is -2.76. The molecule has 0 aromatic heterocycles. The quantitative estimate of drug-likeness (QED) is 0.495. The van der Waals surface area contributed by atoms with Crippen LogP contribution in [0.4, 0.5) is 0 Å². The molecule has 0 aliphatic carbocycles. The van der Waals surface area contributed by atoms with Gasteiger partial charge in [-0.2, -0.15) is 0 Å². The Balaban J connectivity index is 1.92. The van der Waals surface area contributed by atoms with Gasteiger partial charge in [0.15, 0.2) is 0 Å². The summed E-state index contributed by atoms with van der Waals surface area (Å²) in [4.78, 5) is 5.20. The minimum atomic E-state index is 0.132. The van der Waals surface area contributed by atoms with E-state index < -0.39 is 0 Å². The van der Waals surface area contributed by atoms with Crippen LogP contribution in [0, 0.1) is 0 Å². The van der Waals surface area contributed by atoms with E-state index >= 15 is 0 Å². The van der Waals surface area contributed by atoms with E-state index in [1.807, 2.05) is 0 Å². The summed E-state index contributed by atoms with van der Waals surface area (Å²) in [5.74, 6) is 0. The van der Waals surface area contributed by atoms with Crippen molar-refractivity contribution in [2.75, 3.05) is 39.3 Å². The molecule has 0 spiro atoms. The van der Waals surface area contributed by atoms with Gasteiger partial charge < -0.3 is 0 Å². The molecule has 74 valence electrons. The van der Waals surface area contributed by atoms with Crippen molar-refractivity contribution in [3.63, 3.8) is 0 Å². The summed E-state index contributed by atoms with van der Waals surface area (Å²) in [5, 5.41) is 7.21. The smallest absolute Gasteiger partial charge is 0.0957 e. The molecule has 0 amide bonds. The van der Waals surface area contributed by atoms with Crippen LogP contribution in [0.5, 0.6) is 0 Å². The summed E-state index contributed by atoms with van der Waals surface area (Å²) >= 11 is 0. The SMILES string of the molecule is C[C@]12NCCN3CCN(CCN1)[C@@H]32. The monoisotopic (exact) mass is 182 g/mol. The highest BCUT2D eigenvalue weighted by Gasteiger charge is 2.49. The predicted molar refractivity (Wildman–Crippen MR) is 51.3 cm³/mol. The Bertz CT molecular complexity index is 200. The van der Waals surface area contributed by atoms with Crippen LogP contribution in [0.15, 0.2) is 0 Å². The van der Waals surface area contributed by atoms with E-state index in [-0.39, 0.29) is 5.66 Å². The van der Waals surface area contributed by atoms with E-state index in [0.29, 0.717) is 6.17 Å². The van der Waals surface area contributed by atoms with Crippen LogP contribution < -0.4 is 10.6 Å². The van der Waals surface area contributed by atoms with Crippen LogP contribution in [0.3, 0.4) is 0 Å². The highest BCUT2D eigenvalue weighted by Crippen LogP contribution is 2.27. The molecule has 13 heavy (non-hydrogen) atoms. The Morgan fingerprint density at radius 3 is 2.08 bits per heavy atom. The Kier molecular flexibility index (Phi) is 1.68. The van der Waals surface area contributed by atoms with Crippen molar-refractivity contribution in [3.8, 4) is 0 Å². The molecule has 0 bridgehead atoms. The third kappa shape index (κ3) is 1.06. The molecule has 2 N–H and O–H groups in total. The molecule has 0 atom stereocenters. The van der Waals surface area contributed by atoms with Gasteiger partial charge in [0, 0.05) is 39.3 Å². The molecule has 0 unspecified atom stereocenters. The van der Waals surface area contributed by atoms with Crippen LogP contribution in [0.1, 0.15) is 6.92 Å². The van der Waals surface area contributed by atoms with Crippen molar-refractivity contribution in [1.29, 1.82) is 0 Å². The van der Waals surface area contributed by atoms with E-state index in [1.165, 1.54) is 26.2 Å². The number of hydrogen-bond acceptors (Lipinski definition) is 4. The van der Waals surface area contributed by atoms with E-state index in [9.17, 15) is 0 Å². The first-order valence-electron chi connectivity index (χ1n) is 5.28. The van der Waals surface area contributed by atoms with Crippen LogP contribution in [-0.2, 0) is 0 Å². The van der Waals surface area contributed by atoms with Gasteiger partial charge in [0.05, 0.1) is 11.8 Å². The lowest BCUT2D eigenvalue weighted by Gasteiger charge is -2.52. The summed E-state index contributed by atoms with van der Waals surface area (Å²) in [7, 11) is 0. The highest BCUT2D eigenvalue weighted by atomic mass is 15.5. The number of nitrogens with zero attached hydrogens (tertiary/aromatic N) is 2. The maximum Gasteiger partial charge on any atom is 0.0957 e. The molecule has 3 rings (SSSR count). The van der Waals surface area contributed by atoms with Crippen LogP contribution >= 0.6 is 0 Å². The second-order valence-corrected chi connectivity index (χ2v) is 4.50. The van der Waals surface area contributed by atoms with Gasteiger partial charge >= 0.3 is 0 Å². The molecule has 0 radical (unpaired) electrons.